The molecule has 2 aliphatic heterocycles. The second-order valence-electron chi connectivity index (χ2n) is 7.81. The van der Waals surface area contributed by atoms with Crippen LogP contribution in [0.15, 0.2) is 30.3 Å². The Morgan fingerprint density at radius 1 is 0.839 bits per heavy atom. The van der Waals surface area contributed by atoms with Gasteiger partial charge in [-0.25, -0.2) is 9.37 Å². The lowest BCUT2D eigenvalue weighted by Crippen LogP contribution is -2.47. The summed E-state index contributed by atoms with van der Waals surface area (Å²) in [6.45, 7) is 5.12. The van der Waals surface area contributed by atoms with Crippen molar-refractivity contribution in [2.24, 2.45) is 0 Å². The number of hydrogen-bond acceptors (Lipinski definition) is 8. The van der Waals surface area contributed by atoms with Gasteiger partial charge in [0.1, 0.15) is 11.6 Å². The average Bonchev–Trinajstić information content (AvgIpc) is 3.26. The fourth-order valence-corrected chi connectivity index (χ4v) is 4.79. The molecule has 0 N–H and O–H groups in total. The summed E-state index contributed by atoms with van der Waals surface area (Å²) in [5.74, 6) is 2.17. The molecule has 31 heavy (non-hydrogen) atoms. The van der Waals surface area contributed by atoms with Gasteiger partial charge in [-0.05, 0) is 43.5 Å². The molecule has 7 nitrogen and oxygen atoms in total. The molecule has 0 saturated carbocycles. The Morgan fingerprint density at radius 3 is 2.23 bits per heavy atom. The number of hydrogen-bond donors (Lipinski definition) is 0. The van der Waals surface area contributed by atoms with Gasteiger partial charge in [0.2, 0.25) is 5.95 Å². The second-order valence-corrected chi connectivity index (χ2v) is 9.17. The van der Waals surface area contributed by atoms with Gasteiger partial charge in [-0.3, -0.25) is 0 Å². The summed E-state index contributed by atoms with van der Waals surface area (Å²) in [6, 6.07) is 8.51. The first-order valence-corrected chi connectivity index (χ1v) is 11.7. The van der Waals surface area contributed by atoms with Crippen LogP contribution in [0, 0.1) is 5.82 Å². The van der Waals surface area contributed by atoms with E-state index in [1.165, 1.54) is 30.1 Å². The van der Waals surface area contributed by atoms with Crippen molar-refractivity contribution in [3.8, 4) is 11.3 Å². The highest BCUT2D eigenvalue weighted by molar-refractivity contribution is 7.11. The molecular weight excluding hydrogens is 437 g/mol. The van der Waals surface area contributed by atoms with Crippen LogP contribution in [0.25, 0.3) is 11.3 Å². The molecular formula is C21H23ClFN7S. The quantitative estimate of drug-likeness (QED) is 0.582. The van der Waals surface area contributed by atoms with Gasteiger partial charge in [0.15, 0.2) is 10.2 Å². The minimum Gasteiger partial charge on any atom is -0.353 e. The first kappa shape index (κ1) is 20.4. The molecule has 3 aromatic rings. The smallest absolute Gasteiger partial charge is 0.227 e. The van der Waals surface area contributed by atoms with E-state index in [0.717, 1.165) is 81.0 Å². The summed E-state index contributed by atoms with van der Waals surface area (Å²) < 4.78 is 18.0. The van der Waals surface area contributed by atoms with Crippen molar-refractivity contribution < 1.29 is 4.39 Å². The molecule has 0 bridgehead atoms. The number of piperazine rings is 1. The van der Waals surface area contributed by atoms with E-state index in [2.05, 4.69) is 24.3 Å². The lowest BCUT2D eigenvalue weighted by Gasteiger charge is -2.36. The van der Waals surface area contributed by atoms with Crippen molar-refractivity contribution in [1.82, 2.24) is 19.6 Å². The molecule has 0 spiro atoms. The van der Waals surface area contributed by atoms with Gasteiger partial charge in [-0.2, -0.15) is 4.98 Å². The molecule has 0 aliphatic carbocycles. The molecule has 0 amide bonds. The highest BCUT2D eigenvalue weighted by atomic mass is 35.5. The molecule has 2 aliphatic rings. The van der Waals surface area contributed by atoms with E-state index in [-0.39, 0.29) is 5.82 Å². The van der Waals surface area contributed by atoms with Crippen LogP contribution in [0.2, 0.25) is 4.34 Å². The lowest BCUT2D eigenvalue weighted by molar-refractivity contribution is 0.567. The molecule has 0 unspecified atom stereocenters. The number of anilines is 3. The van der Waals surface area contributed by atoms with Crippen molar-refractivity contribution in [2.75, 3.05) is 54.0 Å². The Kier molecular flexibility index (Phi) is 5.87. The molecule has 0 atom stereocenters. The minimum atomic E-state index is -0.249. The molecule has 10 heteroatoms. The SMILES string of the molecule is Fc1ccc(-c2cc(N3CCN(c4nnsc4Cl)CC3)nc(N3CCCCC3)n2)cc1. The normalized spacial score (nSPS) is 17.3. The lowest BCUT2D eigenvalue weighted by atomic mass is 10.1. The third-order valence-corrected chi connectivity index (χ3v) is 6.70. The van der Waals surface area contributed by atoms with Crippen molar-refractivity contribution in [1.29, 1.82) is 0 Å². The Bertz CT molecular complexity index is 1030. The first-order valence-electron chi connectivity index (χ1n) is 10.5. The van der Waals surface area contributed by atoms with Crippen molar-refractivity contribution in [3.63, 3.8) is 0 Å². The summed E-state index contributed by atoms with van der Waals surface area (Å²) in [4.78, 5) is 16.5. The van der Waals surface area contributed by atoms with E-state index in [1.807, 2.05) is 6.07 Å². The maximum absolute atomic E-state index is 13.5. The fraction of sp³-hybridized carbons (Fsp3) is 0.429. The molecule has 0 radical (unpaired) electrons. The van der Waals surface area contributed by atoms with Gasteiger partial charge in [0.05, 0.1) is 5.69 Å². The predicted octanol–water partition coefficient (Wildman–Crippen LogP) is 4.10. The first-order chi connectivity index (χ1) is 15.2. The maximum atomic E-state index is 13.5. The van der Waals surface area contributed by atoms with Gasteiger partial charge in [0.25, 0.3) is 0 Å². The van der Waals surface area contributed by atoms with E-state index < -0.39 is 0 Å². The average molecular weight is 460 g/mol. The number of rotatable bonds is 4. The fourth-order valence-electron chi connectivity index (χ4n) is 4.10. The van der Waals surface area contributed by atoms with Crippen LogP contribution in [0.1, 0.15) is 19.3 Å². The topological polar surface area (TPSA) is 61.3 Å². The van der Waals surface area contributed by atoms with E-state index in [4.69, 9.17) is 21.6 Å². The molecule has 162 valence electrons. The Morgan fingerprint density at radius 2 is 1.55 bits per heavy atom. The van der Waals surface area contributed by atoms with Crippen LogP contribution >= 0.6 is 23.1 Å². The molecule has 2 saturated heterocycles. The Labute approximate surface area is 189 Å². The second kappa shape index (κ2) is 8.92. The van der Waals surface area contributed by atoms with Crippen molar-refractivity contribution in [2.45, 2.75) is 19.3 Å². The summed E-state index contributed by atoms with van der Waals surface area (Å²) in [7, 11) is 0. The largest absolute Gasteiger partial charge is 0.353 e. The zero-order valence-electron chi connectivity index (χ0n) is 17.0. The van der Waals surface area contributed by atoms with Gasteiger partial charge in [-0.1, -0.05) is 16.1 Å². The zero-order chi connectivity index (χ0) is 21.2. The van der Waals surface area contributed by atoms with Crippen LogP contribution in [-0.2, 0) is 0 Å². The number of aromatic nitrogens is 4. The molecule has 2 aromatic heterocycles. The van der Waals surface area contributed by atoms with Crippen LogP contribution < -0.4 is 14.7 Å². The monoisotopic (exact) mass is 459 g/mol. The van der Waals surface area contributed by atoms with Crippen LogP contribution in [-0.4, -0.2) is 58.8 Å². The minimum absolute atomic E-state index is 0.249. The van der Waals surface area contributed by atoms with Gasteiger partial charge < -0.3 is 14.7 Å². The number of piperidine rings is 1. The highest BCUT2D eigenvalue weighted by Crippen LogP contribution is 2.30. The zero-order valence-corrected chi connectivity index (χ0v) is 18.6. The predicted molar refractivity (Wildman–Crippen MR) is 123 cm³/mol. The maximum Gasteiger partial charge on any atom is 0.227 e. The van der Waals surface area contributed by atoms with Crippen molar-refractivity contribution >= 4 is 40.7 Å². The van der Waals surface area contributed by atoms with E-state index in [0.29, 0.717) is 4.34 Å². The van der Waals surface area contributed by atoms with Crippen LogP contribution in [0.3, 0.4) is 0 Å². The molecule has 1 aromatic carbocycles. The summed E-state index contributed by atoms with van der Waals surface area (Å²) >= 11 is 7.43. The summed E-state index contributed by atoms with van der Waals surface area (Å²) in [5.41, 5.74) is 1.71. The van der Waals surface area contributed by atoms with Gasteiger partial charge >= 0.3 is 0 Å². The van der Waals surface area contributed by atoms with Gasteiger partial charge in [0, 0.05) is 62.4 Å². The Balaban J connectivity index is 1.42. The number of halogens is 2. The highest BCUT2D eigenvalue weighted by Gasteiger charge is 2.24. The van der Waals surface area contributed by atoms with E-state index in [9.17, 15) is 4.39 Å². The standard InChI is InChI=1S/C21H23ClFN7S/c22-19-20(26-27-31-19)29-12-10-28(11-13-29)18-14-17(15-4-6-16(23)7-5-15)24-21(25-18)30-8-2-1-3-9-30/h4-7,14H,1-3,8-13H2. The summed E-state index contributed by atoms with van der Waals surface area (Å²) in [6.07, 6.45) is 3.55. The Hall–Kier alpha value is -2.52. The molecule has 4 heterocycles. The third kappa shape index (κ3) is 4.43. The van der Waals surface area contributed by atoms with E-state index >= 15 is 0 Å². The van der Waals surface area contributed by atoms with Crippen LogP contribution in [0.5, 0.6) is 0 Å². The third-order valence-electron chi connectivity index (χ3n) is 5.82. The number of nitrogens with zero attached hydrogens (tertiary/aromatic N) is 7. The van der Waals surface area contributed by atoms with Gasteiger partial charge in [-0.15, -0.1) is 5.10 Å². The van der Waals surface area contributed by atoms with E-state index in [1.54, 1.807) is 12.1 Å². The summed E-state index contributed by atoms with van der Waals surface area (Å²) in [5, 5.41) is 4.15. The van der Waals surface area contributed by atoms with Crippen molar-refractivity contribution in [3.05, 3.63) is 40.5 Å². The number of benzene rings is 1. The van der Waals surface area contributed by atoms with Crippen LogP contribution in [0.4, 0.5) is 22.0 Å². The molecule has 5 rings (SSSR count). The molecule has 2 fully saturated rings.